The van der Waals surface area contributed by atoms with Gasteiger partial charge in [0.15, 0.2) is 0 Å². The third-order valence-electron chi connectivity index (χ3n) is 3.71. The van der Waals surface area contributed by atoms with Crippen LogP contribution in [0.4, 0.5) is 5.95 Å². The van der Waals surface area contributed by atoms with Crippen molar-refractivity contribution in [3.05, 3.63) is 22.1 Å². The van der Waals surface area contributed by atoms with Crippen molar-refractivity contribution in [3.63, 3.8) is 0 Å². The normalized spacial score (nSPS) is 22.3. The van der Waals surface area contributed by atoms with Crippen LogP contribution in [0.5, 0.6) is 0 Å². The predicted molar refractivity (Wildman–Crippen MR) is 79.6 cm³/mol. The second-order valence-corrected chi connectivity index (χ2v) is 5.44. The fraction of sp³-hybridized carbons (Fsp3) is 0.538. The molecule has 0 radical (unpaired) electrons. The van der Waals surface area contributed by atoms with Crippen molar-refractivity contribution < 1.29 is 14.3 Å². The molecule has 0 saturated carbocycles. The highest BCUT2D eigenvalue weighted by Gasteiger charge is 2.33. The van der Waals surface area contributed by atoms with Gasteiger partial charge in [-0.15, -0.1) is 0 Å². The zero-order chi connectivity index (χ0) is 16.6. The predicted octanol–water partition coefficient (Wildman–Crippen LogP) is -1.24. The molecule has 0 aliphatic carbocycles. The number of morpholine rings is 1. The Hall–Kier alpha value is -2.46. The maximum atomic E-state index is 12.1. The summed E-state index contributed by atoms with van der Waals surface area (Å²) in [7, 11) is 1.34. The molecule has 2 aromatic heterocycles. The summed E-state index contributed by atoms with van der Waals surface area (Å²) >= 11 is 0. The first-order valence-corrected chi connectivity index (χ1v) is 7.15. The van der Waals surface area contributed by atoms with E-state index in [1.165, 1.54) is 17.7 Å². The molecule has 1 saturated heterocycles. The van der Waals surface area contributed by atoms with E-state index in [0.29, 0.717) is 18.8 Å². The van der Waals surface area contributed by atoms with Crippen LogP contribution in [0.15, 0.2) is 10.9 Å². The number of nitrogens with two attached hydrogens (primary N) is 1. The van der Waals surface area contributed by atoms with Crippen LogP contribution in [0.3, 0.4) is 0 Å². The number of aromatic nitrogens is 4. The maximum absolute atomic E-state index is 12.1. The number of H-pyrrole nitrogens is 1. The van der Waals surface area contributed by atoms with Crippen molar-refractivity contribution in [2.75, 3.05) is 26.0 Å². The summed E-state index contributed by atoms with van der Waals surface area (Å²) in [5.74, 6) is -0.0705. The Balaban J connectivity index is 1.89. The Bertz CT molecular complexity index is 784. The average Bonchev–Trinajstić information content (AvgIpc) is 2.88. The molecule has 10 nitrogen and oxygen atoms in total. The summed E-state index contributed by atoms with van der Waals surface area (Å²) in [6.45, 7) is 3.00. The molecular formula is C13H18N6O4. The van der Waals surface area contributed by atoms with Crippen LogP contribution in [0, 0.1) is 0 Å². The Morgan fingerprint density at radius 1 is 1.57 bits per heavy atom. The summed E-state index contributed by atoms with van der Waals surface area (Å²) in [4.78, 5) is 34.1. The van der Waals surface area contributed by atoms with E-state index in [2.05, 4.69) is 15.1 Å². The minimum Gasteiger partial charge on any atom is -0.468 e. The number of hydrogen-bond acceptors (Lipinski definition) is 8. The molecule has 3 rings (SSSR count). The number of hydrogen-bond donors (Lipinski definition) is 2. The van der Waals surface area contributed by atoms with Gasteiger partial charge in [-0.3, -0.25) is 19.6 Å². The van der Waals surface area contributed by atoms with Crippen LogP contribution in [0.2, 0.25) is 0 Å². The minimum absolute atomic E-state index is 0.0261. The van der Waals surface area contributed by atoms with E-state index >= 15 is 0 Å². The Kier molecular flexibility index (Phi) is 4.01. The number of fused-ring (bicyclic) bond motifs is 1. The number of nitrogens with one attached hydrogen (secondary N) is 1. The number of aromatic amines is 1. The first kappa shape index (κ1) is 15.4. The lowest BCUT2D eigenvalue weighted by Crippen LogP contribution is -2.52. The second kappa shape index (κ2) is 5.97. The lowest BCUT2D eigenvalue weighted by Gasteiger charge is -2.36. The van der Waals surface area contributed by atoms with E-state index in [-0.39, 0.29) is 36.0 Å². The fourth-order valence-corrected chi connectivity index (χ4v) is 2.63. The van der Waals surface area contributed by atoms with Gasteiger partial charge in [0, 0.05) is 19.2 Å². The second-order valence-electron chi connectivity index (χ2n) is 5.44. The molecule has 0 unspecified atom stereocenters. The number of methoxy groups -OCH3 is 1. The Morgan fingerprint density at radius 2 is 2.35 bits per heavy atom. The number of anilines is 1. The summed E-state index contributed by atoms with van der Waals surface area (Å²) in [5, 5.41) is 2.60. The average molecular weight is 322 g/mol. The van der Waals surface area contributed by atoms with Gasteiger partial charge in [0.05, 0.1) is 25.5 Å². The molecule has 0 bridgehead atoms. The zero-order valence-corrected chi connectivity index (χ0v) is 12.9. The lowest BCUT2D eigenvalue weighted by atomic mass is 10.1. The van der Waals surface area contributed by atoms with Crippen LogP contribution in [-0.2, 0) is 20.8 Å². The molecule has 2 atom stereocenters. The van der Waals surface area contributed by atoms with Crippen LogP contribution in [-0.4, -0.2) is 62.9 Å². The van der Waals surface area contributed by atoms with E-state index in [4.69, 9.17) is 15.2 Å². The van der Waals surface area contributed by atoms with Crippen molar-refractivity contribution in [3.8, 4) is 0 Å². The molecule has 23 heavy (non-hydrogen) atoms. The summed E-state index contributed by atoms with van der Waals surface area (Å²) in [6.07, 6.45) is -0.0261. The number of esters is 1. The quantitative estimate of drug-likeness (QED) is 0.672. The van der Waals surface area contributed by atoms with Crippen molar-refractivity contribution >= 4 is 17.7 Å². The number of rotatable bonds is 3. The summed E-state index contributed by atoms with van der Waals surface area (Å²) in [5.41, 5.74) is 5.73. The highest BCUT2D eigenvalue weighted by Crippen LogP contribution is 2.15. The number of nitrogens with zero attached hydrogens (tertiary/aromatic N) is 4. The molecular weight excluding hydrogens is 304 g/mol. The van der Waals surface area contributed by atoms with Crippen molar-refractivity contribution in [1.82, 2.24) is 24.5 Å². The first-order chi connectivity index (χ1) is 11.0. The molecule has 0 aromatic carbocycles. The van der Waals surface area contributed by atoms with Crippen LogP contribution < -0.4 is 11.3 Å². The van der Waals surface area contributed by atoms with Gasteiger partial charge in [0.2, 0.25) is 5.95 Å². The molecule has 2 aromatic rings. The van der Waals surface area contributed by atoms with Crippen LogP contribution in [0.25, 0.3) is 5.78 Å². The topological polar surface area (TPSA) is 128 Å². The number of carbonyl (C=O) groups is 1. The van der Waals surface area contributed by atoms with E-state index in [9.17, 15) is 9.59 Å². The van der Waals surface area contributed by atoms with Crippen LogP contribution >= 0.6 is 0 Å². The van der Waals surface area contributed by atoms with Crippen LogP contribution in [0.1, 0.15) is 12.6 Å². The largest absolute Gasteiger partial charge is 0.468 e. The molecule has 1 aliphatic heterocycles. The van der Waals surface area contributed by atoms with Crippen molar-refractivity contribution in [2.45, 2.75) is 25.6 Å². The summed E-state index contributed by atoms with van der Waals surface area (Å²) in [6, 6.07) is 0.861. The highest BCUT2D eigenvalue weighted by molar-refractivity contribution is 5.75. The molecule has 1 aliphatic rings. The third kappa shape index (κ3) is 3.03. The van der Waals surface area contributed by atoms with E-state index in [1.807, 2.05) is 11.8 Å². The summed E-state index contributed by atoms with van der Waals surface area (Å²) < 4.78 is 11.5. The Labute approximate surface area is 131 Å². The monoisotopic (exact) mass is 322 g/mol. The van der Waals surface area contributed by atoms with Gasteiger partial charge in [0.1, 0.15) is 6.04 Å². The molecule has 0 spiro atoms. The molecule has 124 valence electrons. The Morgan fingerprint density at radius 3 is 3.09 bits per heavy atom. The smallest absolute Gasteiger partial charge is 0.325 e. The van der Waals surface area contributed by atoms with E-state index in [0.717, 1.165) is 0 Å². The minimum atomic E-state index is -0.527. The lowest BCUT2D eigenvalue weighted by molar-refractivity contribution is -0.157. The number of nitrogen functional groups attached to an aromatic ring is 1. The van der Waals surface area contributed by atoms with Crippen molar-refractivity contribution in [2.24, 2.45) is 0 Å². The SMILES string of the molecule is COC(=O)[C@@H]1CO[C@@H](C)CN1Cc1cc(=O)n2[nH]c(N)nc2n1. The number of ether oxygens (including phenoxy) is 2. The van der Waals surface area contributed by atoms with E-state index in [1.54, 1.807) is 0 Å². The van der Waals surface area contributed by atoms with Gasteiger partial charge in [-0.05, 0) is 6.92 Å². The van der Waals surface area contributed by atoms with Gasteiger partial charge >= 0.3 is 5.97 Å². The molecule has 3 N–H and O–H groups in total. The van der Waals surface area contributed by atoms with Gasteiger partial charge in [0.25, 0.3) is 11.3 Å². The van der Waals surface area contributed by atoms with Gasteiger partial charge in [-0.25, -0.2) is 4.98 Å². The standard InChI is InChI=1S/C13H18N6O4/c1-7-4-18(9(6-23-7)11(21)22-2)5-8-3-10(20)19-13(15-8)16-12(14)17-19/h3,7,9H,4-6H2,1-2H3,(H3,14,15,16,17)/t7-,9-/m0/s1. The van der Waals surface area contributed by atoms with Crippen molar-refractivity contribution in [1.29, 1.82) is 0 Å². The third-order valence-corrected chi connectivity index (χ3v) is 3.71. The highest BCUT2D eigenvalue weighted by atomic mass is 16.5. The zero-order valence-electron chi connectivity index (χ0n) is 12.9. The molecule has 1 fully saturated rings. The van der Waals surface area contributed by atoms with Gasteiger partial charge in [-0.1, -0.05) is 0 Å². The van der Waals surface area contributed by atoms with Gasteiger partial charge in [-0.2, -0.15) is 9.50 Å². The molecule has 0 amide bonds. The number of carbonyl (C=O) groups excluding carboxylic acids is 1. The maximum Gasteiger partial charge on any atom is 0.325 e. The molecule has 3 heterocycles. The molecule has 10 heteroatoms. The van der Waals surface area contributed by atoms with E-state index < -0.39 is 6.04 Å². The van der Waals surface area contributed by atoms with Gasteiger partial charge < -0.3 is 15.2 Å². The first-order valence-electron chi connectivity index (χ1n) is 7.15. The fourth-order valence-electron chi connectivity index (χ4n) is 2.63.